The summed E-state index contributed by atoms with van der Waals surface area (Å²) in [5.74, 6) is 0. The zero-order chi connectivity index (χ0) is 6.69. The van der Waals surface area contributed by atoms with Crippen molar-refractivity contribution in [2.45, 2.75) is 6.54 Å². The highest BCUT2D eigenvalue weighted by Gasteiger charge is 1.99. The summed E-state index contributed by atoms with van der Waals surface area (Å²) in [6.07, 6.45) is 0. The molecule has 1 rings (SSSR count). The van der Waals surface area contributed by atoms with E-state index in [4.69, 9.17) is 10.5 Å². The van der Waals surface area contributed by atoms with Crippen molar-refractivity contribution in [3.05, 3.63) is 17.0 Å². The Morgan fingerprint density at radius 1 is 1.78 bits per heavy atom. The largest absolute Gasteiger partial charge is 0.487 e. The molecule has 1 aromatic rings. The first-order chi connectivity index (χ1) is 4.38. The summed E-state index contributed by atoms with van der Waals surface area (Å²) < 4.78 is 5.01. The molecule has 0 saturated carbocycles. The Labute approximate surface area is 58.3 Å². The van der Waals surface area contributed by atoms with E-state index in [9.17, 15) is 0 Å². The maximum Gasteiger partial charge on any atom is 0.177 e. The van der Waals surface area contributed by atoms with Crippen molar-refractivity contribution >= 4 is 11.3 Å². The Kier molecular flexibility index (Phi) is 2.08. The van der Waals surface area contributed by atoms with Crippen LogP contribution in [0.2, 0.25) is 0 Å². The summed E-state index contributed by atoms with van der Waals surface area (Å²) in [6, 6.07) is 1.98. The topological polar surface area (TPSA) is 35.2 Å². The normalized spacial score (nSPS) is 9.56. The lowest BCUT2D eigenvalue weighted by Crippen LogP contribution is -1.95. The second-order valence-electron chi connectivity index (χ2n) is 1.64. The van der Waals surface area contributed by atoms with E-state index < -0.39 is 0 Å². The number of nitrogens with two attached hydrogens (primary N) is 1. The fourth-order valence-electron chi connectivity index (χ4n) is 0.652. The quantitative estimate of drug-likeness (QED) is 0.675. The zero-order valence-electron chi connectivity index (χ0n) is 5.26. The lowest BCUT2D eigenvalue weighted by atomic mass is 10.3. The van der Waals surface area contributed by atoms with Gasteiger partial charge in [0.25, 0.3) is 0 Å². The van der Waals surface area contributed by atoms with Crippen LogP contribution in [0.25, 0.3) is 0 Å². The number of hydrogen-bond donors (Lipinski definition) is 1. The van der Waals surface area contributed by atoms with Crippen LogP contribution in [0.15, 0.2) is 11.4 Å². The van der Waals surface area contributed by atoms with E-state index in [1.807, 2.05) is 11.4 Å². The molecule has 0 aliphatic rings. The summed E-state index contributed by atoms with van der Waals surface area (Å²) in [5.41, 5.74) is 6.48. The van der Waals surface area contributed by atoms with Crippen LogP contribution in [0.4, 0.5) is 0 Å². The summed E-state index contributed by atoms with van der Waals surface area (Å²) in [4.78, 5) is 0. The molecule has 0 spiro atoms. The van der Waals surface area contributed by atoms with Crippen molar-refractivity contribution in [1.29, 1.82) is 0 Å². The van der Waals surface area contributed by atoms with Crippen LogP contribution in [-0.4, -0.2) is 7.11 Å². The molecule has 0 saturated heterocycles. The number of rotatable bonds is 2. The molecule has 0 unspecified atom stereocenters. The molecule has 0 aliphatic heterocycles. The van der Waals surface area contributed by atoms with Crippen LogP contribution in [0, 0.1) is 0 Å². The SMILES string of the molecule is COc1sccc1CN. The Bertz CT molecular complexity index is 166. The third-order valence-electron chi connectivity index (χ3n) is 1.11. The molecule has 0 amide bonds. The molecular weight excluding hydrogens is 134 g/mol. The summed E-state index contributed by atoms with van der Waals surface area (Å²) in [5, 5.41) is 2.90. The first kappa shape index (κ1) is 6.58. The highest BCUT2D eigenvalue weighted by atomic mass is 32.1. The third-order valence-corrected chi connectivity index (χ3v) is 2.03. The number of hydrogen-bond acceptors (Lipinski definition) is 3. The minimum absolute atomic E-state index is 0.562. The fourth-order valence-corrected chi connectivity index (χ4v) is 1.41. The molecule has 1 aromatic heterocycles. The van der Waals surface area contributed by atoms with E-state index in [-0.39, 0.29) is 0 Å². The molecule has 2 nitrogen and oxygen atoms in total. The van der Waals surface area contributed by atoms with Crippen LogP contribution in [0.1, 0.15) is 5.56 Å². The van der Waals surface area contributed by atoms with Crippen molar-refractivity contribution in [3.63, 3.8) is 0 Å². The Morgan fingerprint density at radius 3 is 3.00 bits per heavy atom. The summed E-state index contributed by atoms with van der Waals surface area (Å²) >= 11 is 1.57. The molecule has 0 aliphatic carbocycles. The van der Waals surface area contributed by atoms with Gasteiger partial charge in [-0.05, 0) is 11.4 Å². The summed E-state index contributed by atoms with van der Waals surface area (Å²) in [6.45, 7) is 0.562. The van der Waals surface area contributed by atoms with E-state index in [0.717, 1.165) is 10.6 Å². The van der Waals surface area contributed by atoms with Crippen LogP contribution >= 0.6 is 11.3 Å². The number of ether oxygens (including phenoxy) is 1. The van der Waals surface area contributed by atoms with Gasteiger partial charge in [-0.25, -0.2) is 0 Å². The smallest absolute Gasteiger partial charge is 0.177 e. The van der Waals surface area contributed by atoms with Crippen LogP contribution < -0.4 is 10.5 Å². The molecule has 2 N–H and O–H groups in total. The zero-order valence-corrected chi connectivity index (χ0v) is 6.07. The van der Waals surface area contributed by atoms with Crippen molar-refractivity contribution in [2.75, 3.05) is 7.11 Å². The van der Waals surface area contributed by atoms with Crippen molar-refractivity contribution in [3.8, 4) is 5.06 Å². The van der Waals surface area contributed by atoms with E-state index in [1.165, 1.54) is 0 Å². The average Bonchev–Trinajstić information content (AvgIpc) is 2.33. The lowest BCUT2D eigenvalue weighted by Gasteiger charge is -1.95. The van der Waals surface area contributed by atoms with Crippen LogP contribution in [0.3, 0.4) is 0 Å². The molecule has 0 atom stereocenters. The minimum Gasteiger partial charge on any atom is -0.487 e. The molecule has 3 heteroatoms. The highest BCUT2D eigenvalue weighted by Crippen LogP contribution is 2.24. The standard InChI is InChI=1S/C6H9NOS/c1-8-6-5(4-7)2-3-9-6/h2-3H,4,7H2,1H3. The van der Waals surface area contributed by atoms with Gasteiger partial charge in [-0.2, -0.15) is 0 Å². The van der Waals surface area contributed by atoms with Gasteiger partial charge in [0.05, 0.1) is 7.11 Å². The monoisotopic (exact) mass is 143 g/mol. The first-order valence-corrected chi connectivity index (χ1v) is 3.57. The molecular formula is C6H9NOS. The Hall–Kier alpha value is -0.540. The molecule has 1 heterocycles. The van der Waals surface area contributed by atoms with Crippen molar-refractivity contribution < 1.29 is 4.74 Å². The van der Waals surface area contributed by atoms with Gasteiger partial charge in [0.1, 0.15) is 0 Å². The maximum atomic E-state index is 5.40. The molecule has 50 valence electrons. The Morgan fingerprint density at radius 2 is 2.56 bits per heavy atom. The molecule has 0 fully saturated rings. The summed E-state index contributed by atoms with van der Waals surface area (Å²) in [7, 11) is 1.66. The van der Waals surface area contributed by atoms with Gasteiger partial charge in [-0.15, -0.1) is 11.3 Å². The van der Waals surface area contributed by atoms with E-state index in [2.05, 4.69) is 0 Å². The van der Waals surface area contributed by atoms with Gasteiger partial charge in [-0.1, -0.05) is 0 Å². The molecule has 0 bridgehead atoms. The van der Waals surface area contributed by atoms with Gasteiger partial charge in [0, 0.05) is 12.1 Å². The molecule has 9 heavy (non-hydrogen) atoms. The van der Waals surface area contributed by atoms with Gasteiger partial charge in [0.2, 0.25) is 0 Å². The predicted molar refractivity (Wildman–Crippen MR) is 38.8 cm³/mol. The maximum absolute atomic E-state index is 5.40. The Balaban J connectivity index is 2.85. The number of methoxy groups -OCH3 is 1. The third kappa shape index (κ3) is 1.23. The van der Waals surface area contributed by atoms with E-state index in [1.54, 1.807) is 18.4 Å². The predicted octanol–water partition coefficient (Wildman–Crippen LogP) is 1.22. The van der Waals surface area contributed by atoms with Crippen LogP contribution in [0.5, 0.6) is 5.06 Å². The van der Waals surface area contributed by atoms with E-state index in [0.29, 0.717) is 6.54 Å². The van der Waals surface area contributed by atoms with Gasteiger partial charge >= 0.3 is 0 Å². The second-order valence-corrected chi connectivity index (χ2v) is 2.52. The van der Waals surface area contributed by atoms with Crippen molar-refractivity contribution in [2.24, 2.45) is 5.73 Å². The molecule has 0 radical (unpaired) electrons. The van der Waals surface area contributed by atoms with Gasteiger partial charge in [0.15, 0.2) is 5.06 Å². The highest BCUT2D eigenvalue weighted by molar-refractivity contribution is 7.12. The minimum atomic E-state index is 0.562. The van der Waals surface area contributed by atoms with E-state index >= 15 is 0 Å². The number of thiophene rings is 1. The fraction of sp³-hybridized carbons (Fsp3) is 0.333. The lowest BCUT2D eigenvalue weighted by molar-refractivity contribution is 0.422. The van der Waals surface area contributed by atoms with Gasteiger partial charge < -0.3 is 10.5 Å². The first-order valence-electron chi connectivity index (χ1n) is 2.69. The van der Waals surface area contributed by atoms with Gasteiger partial charge in [-0.3, -0.25) is 0 Å². The van der Waals surface area contributed by atoms with Crippen LogP contribution in [-0.2, 0) is 6.54 Å². The van der Waals surface area contributed by atoms with Crippen molar-refractivity contribution in [1.82, 2.24) is 0 Å². The molecule has 0 aromatic carbocycles. The average molecular weight is 143 g/mol. The second kappa shape index (κ2) is 2.85.